The molecule has 0 saturated carbocycles. The van der Waals surface area contributed by atoms with Crippen molar-refractivity contribution < 1.29 is 10.0 Å². The summed E-state index contributed by atoms with van der Waals surface area (Å²) in [5.41, 5.74) is 2.64. The van der Waals surface area contributed by atoms with Crippen LogP contribution in [0.3, 0.4) is 0 Å². The maximum Gasteiger partial charge on any atom is 0.305 e. The number of hydrogen-bond donors (Lipinski definition) is 3. The van der Waals surface area contributed by atoms with Gasteiger partial charge in [0.05, 0.1) is 9.62 Å². The van der Waals surface area contributed by atoms with Gasteiger partial charge in [-0.3, -0.25) is 14.9 Å². The number of thiazole rings is 1. The van der Waals surface area contributed by atoms with Crippen LogP contribution in [0.5, 0.6) is 5.75 Å². The Bertz CT molecular complexity index is 947. The van der Waals surface area contributed by atoms with Crippen LogP contribution in [-0.2, 0) is 12.8 Å². The van der Waals surface area contributed by atoms with E-state index in [1.165, 1.54) is 12.1 Å². The van der Waals surface area contributed by atoms with Crippen molar-refractivity contribution in [3.8, 4) is 5.75 Å². The van der Waals surface area contributed by atoms with Gasteiger partial charge < -0.3 is 15.4 Å². The number of phenols is 1. The molecule has 0 amide bonds. The molecule has 8 heteroatoms. The molecule has 0 fully saturated rings. The lowest BCUT2D eigenvalue weighted by molar-refractivity contribution is -0.384. The van der Waals surface area contributed by atoms with Crippen LogP contribution in [0, 0.1) is 10.1 Å². The molecular formula is C17H17N3O4S. The average Bonchev–Trinajstić information content (AvgIpc) is 2.99. The number of aromatic hydroxyl groups is 1. The third-order valence-corrected chi connectivity index (χ3v) is 4.91. The van der Waals surface area contributed by atoms with Crippen molar-refractivity contribution in [2.45, 2.75) is 12.8 Å². The number of hydrogen-bond acceptors (Lipinski definition) is 6. The van der Waals surface area contributed by atoms with E-state index in [1.807, 2.05) is 6.07 Å². The van der Waals surface area contributed by atoms with E-state index in [4.69, 9.17) is 0 Å². The van der Waals surface area contributed by atoms with Crippen LogP contribution in [0.15, 0.2) is 41.2 Å². The molecule has 1 heterocycles. The van der Waals surface area contributed by atoms with Crippen LogP contribution in [-0.4, -0.2) is 28.1 Å². The van der Waals surface area contributed by atoms with Gasteiger partial charge in [-0.1, -0.05) is 29.5 Å². The molecule has 3 aromatic rings. The van der Waals surface area contributed by atoms with Gasteiger partial charge in [0.15, 0.2) is 0 Å². The van der Waals surface area contributed by atoms with Crippen LogP contribution in [0.1, 0.15) is 11.1 Å². The standard InChI is InChI=1S/C17H17N3O4S/c21-14-6-3-12(16-15(14)19-17(22)25-16)8-10-18-9-7-11-1-4-13(5-2-11)20(23)24/h1-6,18,21H,7-10H2,(H,19,22). The number of phenolic OH excluding ortho intramolecular Hbond substituents is 1. The highest BCUT2D eigenvalue weighted by molar-refractivity contribution is 7.16. The zero-order valence-corrected chi connectivity index (χ0v) is 14.1. The number of benzene rings is 2. The van der Waals surface area contributed by atoms with Gasteiger partial charge in [0.2, 0.25) is 0 Å². The number of aromatic nitrogens is 1. The molecule has 0 aliphatic carbocycles. The van der Waals surface area contributed by atoms with Gasteiger partial charge in [0.1, 0.15) is 11.3 Å². The quantitative estimate of drug-likeness (QED) is 0.341. The van der Waals surface area contributed by atoms with E-state index in [0.717, 1.165) is 53.1 Å². The van der Waals surface area contributed by atoms with E-state index in [-0.39, 0.29) is 16.3 Å². The highest BCUT2D eigenvalue weighted by Gasteiger charge is 2.09. The van der Waals surface area contributed by atoms with E-state index in [2.05, 4.69) is 10.3 Å². The maximum atomic E-state index is 11.5. The summed E-state index contributed by atoms with van der Waals surface area (Å²) in [6.45, 7) is 1.49. The lowest BCUT2D eigenvalue weighted by atomic mass is 10.1. The molecule has 25 heavy (non-hydrogen) atoms. The number of rotatable bonds is 7. The number of H-pyrrole nitrogens is 1. The molecule has 7 nitrogen and oxygen atoms in total. The summed E-state index contributed by atoms with van der Waals surface area (Å²) in [5, 5.41) is 23.7. The molecule has 0 aliphatic rings. The first-order chi connectivity index (χ1) is 12.0. The molecule has 0 saturated heterocycles. The molecule has 2 aromatic carbocycles. The summed E-state index contributed by atoms with van der Waals surface area (Å²) in [7, 11) is 0. The molecular weight excluding hydrogens is 342 g/mol. The number of non-ortho nitro benzene ring substituents is 1. The first-order valence-electron chi connectivity index (χ1n) is 7.82. The summed E-state index contributed by atoms with van der Waals surface area (Å²) in [6, 6.07) is 9.98. The van der Waals surface area contributed by atoms with Crippen molar-refractivity contribution in [1.82, 2.24) is 10.3 Å². The lowest BCUT2D eigenvalue weighted by Gasteiger charge is -2.06. The Hall–Kier alpha value is -2.71. The largest absolute Gasteiger partial charge is 0.506 e. The monoisotopic (exact) mass is 359 g/mol. The average molecular weight is 359 g/mol. The highest BCUT2D eigenvalue weighted by Crippen LogP contribution is 2.27. The minimum Gasteiger partial charge on any atom is -0.506 e. The van der Waals surface area contributed by atoms with Gasteiger partial charge in [-0.2, -0.15) is 0 Å². The van der Waals surface area contributed by atoms with Crippen molar-refractivity contribution in [3.05, 3.63) is 67.3 Å². The lowest BCUT2D eigenvalue weighted by Crippen LogP contribution is -2.20. The molecule has 0 spiro atoms. The van der Waals surface area contributed by atoms with E-state index in [1.54, 1.807) is 18.2 Å². The Labute approximate surface area is 147 Å². The Balaban J connectivity index is 1.51. The normalized spacial score (nSPS) is 11.0. The predicted octanol–water partition coefficient (Wildman–Crippen LogP) is 2.58. The summed E-state index contributed by atoms with van der Waals surface area (Å²) >= 11 is 1.10. The number of nitro groups is 1. The molecule has 0 radical (unpaired) electrons. The first-order valence-corrected chi connectivity index (χ1v) is 8.64. The Kier molecular flexibility index (Phi) is 5.11. The van der Waals surface area contributed by atoms with Crippen molar-refractivity contribution in [3.63, 3.8) is 0 Å². The van der Waals surface area contributed by atoms with E-state index in [9.17, 15) is 20.0 Å². The topological polar surface area (TPSA) is 108 Å². The van der Waals surface area contributed by atoms with E-state index in [0.29, 0.717) is 5.52 Å². The number of aromatic amines is 1. The summed E-state index contributed by atoms with van der Waals surface area (Å²) in [5.74, 6) is 0.0863. The number of nitrogens with one attached hydrogen (secondary N) is 2. The summed E-state index contributed by atoms with van der Waals surface area (Å²) < 4.78 is 0.794. The van der Waals surface area contributed by atoms with Crippen LogP contribution in [0.25, 0.3) is 10.2 Å². The third kappa shape index (κ3) is 4.04. The second-order valence-electron chi connectivity index (χ2n) is 5.64. The molecule has 3 rings (SSSR count). The first kappa shape index (κ1) is 17.1. The van der Waals surface area contributed by atoms with Gasteiger partial charge in [0, 0.05) is 12.1 Å². The van der Waals surface area contributed by atoms with E-state index >= 15 is 0 Å². The molecule has 0 aliphatic heterocycles. The highest BCUT2D eigenvalue weighted by atomic mass is 32.1. The van der Waals surface area contributed by atoms with Crippen molar-refractivity contribution >= 4 is 27.2 Å². The smallest absolute Gasteiger partial charge is 0.305 e. The fourth-order valence-corrected chi connectivity index (χ4v) is 3.53. The number of nitro benzene ring substituents is 1. The predicted molar refractivity (Wildman–Crippen MR) is 97.5 cm³/mol. The Morgan fingerprint density at radius 2 is 1.84 bits per heavy atom. The van der Waals surface area contributed by atoms with Gasteiger partial charge in [-0.05, 0) is 43.1 Å². The zero-order valence-electron chi connectivity index (χ0n) is 13.3. The summed E-state index contributed by atoms with van der Waals surface area (Å²) in [6.07, 6.45) is 1.52. The zero-order chi connectivity index (χ0) is 17.8. The van der Waals surface area contributed by atoms with Crippen molar-refractivity contribution in [2.24, 2.45) is 0 Å². The van der Waals surface area contributed by atoms with Crippen LogP contribution < -0.4 is 10.2 Å². The molecule has 3 N–H and O–H groups in total. The fourth-order valence-electron chi connectivity index (χ4n) is 2.64. The third-order valence-electron chi connectivity index (χ3n) is 3.95. The molecule has 130 valence electrons. The van der Waals surface area contributed by atoms with Crippen LogP contribution >= 0.6 is 11.3 Å². The molecule has 1 aromatic heterocycles. The Morgan fingerprint density at radius 1 is 1.12 bits per heavy atom. The Morgan fingerprint density at radius 3 is 2.56 bits per heavy atom. The maximum absolute atomic E-state index is 11.5. The minimum atomic E-state index is -0.407. The van der Waals surface area contributed by atoms with Gasteiger partial charge in [-0.25, -0.2) is 0 Å². The van der Waals surface area contributed by atoms with Crippen molar-refractivity contribution in [1.29, 1.82) is 0 Å². The number of fused-ring (bicyclic) bond motifs is 1. The second kappa shape index (κ2) is 7.45. The van der Waals surface area contributed by atoms with Gasteiger partial charge >= 0.3 is 4.87 Å². The summed E-state index contributed by atoms with van der Waals surface area (Å²) in [4.78, 5) is 24.2. The fraction of sp³-hybridized carbons (Fsp3) is 0.235. The molecule has 0 unspecified atom stereocenters. The minimum absolute atomic E-state index is 0.0863. The van der Waals surface area contributed by atoms with E-state index < -0.39 is 4.92 Å². The SMILES string of the molecule is O=c1[nH]c2c(O)ccc(CCNCCc3ccc([N+](=O)[O-])cc3)c2s1. The van der Waals surface area contributed by atoms with Crippen LogP contribution in [0.4, 0.5) is 5.69 Å². The molecule has 0 atom stereocenters. The second-order valence-corrected chi connectivity index (χ2v) is 6.62. The van der Waals surface area contributed by atoms with Crippen molar-refractivity contribution in [2.75, 3.05) is 13.1 Å². The van der Waals surface area contributed by atoms with Gasteiger partial charge in [-0.15, -0.1) is 0 Å². The van der Waals surface area contributed by atoms with Gasteiger partial charge in [0.25, 0.3) is 5.69 Å². The molecule has 0 bridgehead atoms. The number of nitrogens with zero attached hydrogens (tertiary/aromatic N) is 1. The van der Waals surface area contributed by atoms with Crippen LogP contribution in [0.2, 0.25) is 0 Å².